The Kier molecular flexibility index (Phi) is 7.78. The van der Waals surface area contributed by atoms with Crippen LogP contribution in [0.15, 0.2) is 40.9 Å². The first-order chi connectivity index (χ1) is 12.5. The maximum atomic E-state index is 12.0. The summed E-state index contributed by atoms with van der Waals surface area (Å²) >= 11 is 3.44. The van der Waals surface area contributed by atoms with Crippen molar-refractivity contribution < 1.29 is 19.0 Å². The fraction of sp³-hybridized carbons (Fsp3) is 0.350. The molecular formula is C20H24BrNO4. The molecule has 0 saturated heterocycles. The Bertz CT molecular complexity index is 749. The number of benzene rings is 2. The van der Waals surface area contributed by atoms with Crippen molar-refractivity contribution >= 4 is 21.8 Å². The molecule has 140 valence electrons. The number of ether oxygens (including phenoxy) is 3. The zero-order valence-corrected chi connectivity index (χ0v) is 16.9. The van der Waals surface area contributed by atoms with Gasteiger partial charge in [-0.3, -0.25) is 4.79 Å². The molecule has 6 heteroatoms. The zero-order chi connectivity index (χ0) is 18.9. The summed E-state index contributed by atoms with van der Waals surface area (Å²) in [5.41, 5.74) is 1.99. The van der Waals surface area contributed by atoms with Crippen molar-refractivity contribution in [3.8, 4) is 17.2 Å². The fourth-order valence-electron chi connectivity index (χ4n) is 2.31. The molecule has 0 saturated carbocycles. The fourth-order valence-corrected chi connectivity index (χ4v) is 2.56. The van der Waals surface area contributed by atoms with Crippen LogP contribution in [0, 0.1) is 6.92 Å². The summed E-state index contributed by atoms with van der Waals surface area (Å²) in [6.07, 6.45) is 0. The van der Waals surface area contributed by atoms with Gasteiger partial charge in [0, 0.05) is 11.0 Å². The second-order valence-corrected chi connectivity index (χ2v) is 6.48. The lowest BCUT2D eigenvalue weighted by atomic mass is 10.2. The summed E-state index contributed by atoms with van der Waals surface area (Å²) in [6.45, 7) is 7.31. The lowest BCUT2D eigenvalue weighted by Gasteiger charge is -2.13. The molecule has 0 aromatic heterocycles. The lowest BCUT2D eigenvalue weighted by molar-refractivity contribution is -0.123. The number of aryl methyl sites for hydroxylation is 1. The van der Waals surface area contributed by atoms with Crippen molar-refractivity contribution in [1.82, 2.24) is 5.32 Å². The van der Waals surface area contributed by atoms with Gasteiger partial charge in [-0.25, -0.2) is 0 Å². The summed E-state index contributed by atoms with van der Waals surface area (Å²) in [4.78, 5) is 12.0. The van der Waals surface area contributed by atoms with E-state index in [0.717, 1.165) is 15.6 Å². The molecule has 2 aromatic carbocycles. The summed E-state index contributed by atoms with van der Waals surface area (Å²) < 4.78 is 17.7. The number of carbonyl (C=O) groups is 1. The van der Waals surface area contributed by atoms with E-state index in [9.17, 15) is 4.79 Å². The maximum absolute atomic E-state index is 12.0. The van der Waals surface area contributed by atoms with Gasteiger partial charge >= 0.3 is 0 Å². The van der Waals surface area contributed by atoms with Crippen molar-refractivity contribution in [2.75, 3.05) is 19.8 Å². The van der Waals surface area contributed by atoms with E-state index in [1.54, 1.807) is 0 Å². The Morgan fingerprint density at radius 1 is 1.00 bits per heavy atom. The Morgan fingerprint density at radius 2 is 1.73 bits per heavy atom. The Labute approximate surface area is 162 Å². The standard InChI is InChI=1S/C20H24BrNO4/c1-4-24-18-9-6-15(11-19(18)25-5-2)12-22-20(23)13-26-16-7-8-17(21)14(3)10-16/h6-11H,4-5,12-13H2,1-3H3,(H,22,23). The monoisotopic (exact) mass is 421 g/mol. The van der Waals surface area contributed by atoms with Gasteiger partial charge in [0.1, 0.15) is 5.75 Å². The third-order valence-electron chi connectivity index (χ3n) is 3.60. The van der Waals surface area contributed by atoms with E-state index in [2.05, 4.69) is 21.2 Å². The first-order valence-corrected chi connectivity index (χ1v) is 9.37. The quantitative estimate of drug-likeness (QED) is 0.657. The normalized spacial score (nSPS) is 10.3. The van der Waals surface area contributed by atoms with Gasteiger partial charge < -0.3 is 19.5 Å². The van der Waals surface area contributed by atoms with E-state index in [1.807, 2.05) is 57.2 Å². The number of nitrogens with one attached hydrogen (secondary N) is 1. The Morgan fingerprint density at radius 3 is 2.42 bits per heavy atom. The third kappa shape index (κ3) is 5.95. The zero-order valence-electron chi connectivity index (χ0n) is 15.3. The van der Waals surface area contributed by atoms with Gasteiger partial charge in [0.2, 0.25) is 0 Å². The molecule has 0 atom stereocenters. The molecule has 0 fully saturated rings. The highest BCUT2D eigenvalue weighted by molar-refractivity contribution is 9.10. The van der Waals surface area contributed by atoms with Crippen LogP contribution in [0.4, 0.5) is 0 Å². The van der Waals surface area contributed by atoms with Crippen molar-refractivity contribution in [2.24, 2.45) is 0 Å². The van der Waals surface area contributed by atoms with E-state index in [1.165, 1.54) is 0 Å². The van der Waals surface area contributed by atoms with Crippen LogP contribution in [0.25, 0.3) is 0 Å². The molecule has 2 rings (SSSR count). The highest BCUT2D eigenvalue weighted by atomic mass is 79.9. The SMILES string of the molecule is CCOc1ccc(CNC(=O)COc2ccc(Br)c(C)c2)cc1OCC. The van der Waals surface area contributed by atoms with Crippen LogP contribution in [-0.4, -0.2) is 25.7 Å². The van der Waals surface area contributed by atoms with Crippen LogP contribution in [-0.2, 0) is 11.3 Å². The van der Waals surface area contributed by atoms with Gasteiger partial charge in [0.05, 0.1) is 13.2 Å². The van der Waals surface area contributed by atoms with Crippen LogP contribution in [0.5, 0.6) is 17.2 Å². The molecular weight excluding hydrogens is 398 g/mol. The van der Waals surface area contributed by atoms with E-state index in [-0.39, 0.29) is 12.5 Å². The number of rotatable bonds is 9. The van der Waals surface area contributed by atoms with Gasteiger partial charge in [-0.05, 0) is 62.2 Å². The van der Waals surface area contributed by atoms with Crippen LogP contribution >= 0.6 is 15.9 Å². The highest BCUT2D eigenvalue weighted by Crippen LogP contribution is 2.28. The largest absolute Gasteiger partial charge is 0.490 e. The summed E-state index contributed by atoms with van der Waals surface area (Å²) in [5, 5.41) is 2.85. The third-order valence-corrected chi connectivity index (χ3v) is 4.49. The van der Waals surface area contributed by atoms with Crippen molar-refractivity contribution in [3.05, 3.63) is 52.0 Å². The van der Waals surface area contributed by atoms with Gasteiger partial charge in [-0.15, -0.1) is 0 Å². The van der Waals surface area contributed by atoms with Gasteiger partial charge in [-0.2, -0.15) is 0 Å². The Balaban J connectivity index is 1.88. The molecule has 0 spiro atoms. The molecule has 5 nitrogen and oxygen atoms in total. The lowest BCUT2D eigenvalue weighted by Crippen LogP contribution is -2.28. The minimum Gasteiger partial charge on any atom is -0.490 e. The highest BCUT2D eigenvalue weighted by Gasteiger charge is 2.08. The minimum atomic E-state index is -0.183. The molecule has 0 unspecified atom stereocenters. The molecule has 0 heterocycles. The van der Waals surface area contributed by atoms with Crippen molar-refractivity contribution in [1.29, 1.82) is 0 Å². The topological polar surface area (TPSA) is 56.8 Å². The van der Waals surface area contributed by atoms with E-state index < -0.39 is 0 Å². The molecule has 0 aliphatic heterocycles. The number of carbonyl (C=O) groups excluding carboxylic acids is 1. The number of hydrogen-bond donors (Lipinski definition) is 1. The molecule has 2 aromatic rings. The predicted molar refractivity (Wildman–Crippen MR) is 105 cm³/mol. The average molecular weight is 422 g/mol. The molecule has 1 N–H and O–H groups in total. The molecule has 0 bridgehead atoms. The molecule has 0 aliphatic rings. The minimum absolute atomic E-state index is 0.0313. The summed E-state index contributed by atoms with van der Waals surface area (Å²) in [7, 11) is 0. The number of hydrogen-bond acceptors (Lipinski definition) is 4. The molecule has 0 radical (unpaired) electrons. The Hall–Kier alpha value is -2.21. The predicted octanol–water partition coefficient (Wildman–Crippen LogP) is 4.25. The van der Waals surface area contributed by atoms with E-state index in [4.69, 9.17) is 14.2 Å². The van der Waals surface area contributed by atoms with Gasteiger partial charge in [-0.1, -0.05) is 22.0 Å². The van der Waals surface area contributed by atoms with Gasteiger partial charge in [0.15, 0.2) is 18.1 Å². The van der Waals surface area contributed by atoms with Crippen LogP contribution in [0.1, 0.15) is 25.0 Å². The van der Waals surface area contributed by atoms with Gasteiger partial charge in [0.25, 0.3) is 5.91 Å². The van der Waals surface area contributed by atoms with Crippen LogP contribution in [0.3, 0.4) is 0 Å². The molecule has 26 heavy (non-hydrogen) atoms. The average Bonchev–Trinajstić information content (AvgIpc) is 2.63. The summed E-state index contributed by atoms with van der Waals surface area (Å²) in [5.74, 6) is 1.87. The van der Waals surface area contributed by atoms with Crippen LogP contribution in [0.2, 0.25) is 0 Å². The number of halogens is 1. The maximum Gasteiger partial charge on any atom is 0.258 e. The summed E-state index contributed by atoms with van der Waals surface area (Å²) in [6, 6.07) is 11.3. The second-order valence-electron chi connectivity index (χ2n) is 5.62. The molecule has 1 amide bonds. The first-order valence-electron chi connectivity index (χ1n) is 8.57. The number of amides is 1. The smallest absolute Gasteiger partial charge is 0.258 e. The van der Waals surface area contributed by atoms with E-state index in [0.29, 0.717) is 37.0 Å². The van der Waals surface area contributed by atoms with Crippen LogP contribution < -0.4 is 19.5 Å². The second kappa shape index (κ2) is 10.1. The van der Waals surface area contributed by atoms with Crippen molar-refractivity contribution in [3.63, 3.8) is 0 Å². The molecule has 0 aliphatic carbocycles. The first kappa shape index (κ1) is 20.1. The van der Waals surface area contributed by atoms with E-state index >= 15 is 0 Å². The van der Waals surface area contributed by atoms with Crippen molar-refractivity contribution in [2.45, 2.75) is 27.3 Å².